The number of rotatable bonds is 5. The first kappa shape index (κ1) is 19.3. The predicted octanol–water partition coefficient (Wildman–Crippen LogP) is 2.45. The molecule has 4 aromatic rings. The van der Waals surface area contributed by atoms with Crippen LogP contribution in [0.5, 0.6) is 0 Å². The molecule has 31 heavy (non-hydrogen) atoms. The molecule has 1 aliphatic rings. The Balaban J connectivity index is 1.30. The fourth-order valence-electron chi connectivity index (χ4n) is 4.41. The largest absolute Gasteiger partial charge is 0.349 e. The molecule has 9 heteroatoms. The maximum atomic E-state index is 12.8. The molecule has 0 saturated heterocycles. The second-order valence-electron chi connectivity index (χ2n) is 7.89. The third kappa shape index (κ3) is 3.56. The van der Waals surface area contributed by atoms with Crippen molar-refractivity contribution in [3.05, 3.63) is 65.1 Å². The van der Waals surface area contributed by atoms with Crippen LogP contribution in [-0.2, 0) is 17.6 Å². The van der Waals surface area contributed by atoms with Crippen LogP contribution < -0.4 is 5.32 Å². The van der Waals surface area contributed by atoms with Crippen molar-refractivity contribution in [3.63, 3.8) is 0 Å². The number of hydrogen-bond donors (Lipinski definition) is 1. The van der Waals surface area contributed by atoms with Crippen molar-refractivity contribution < 1.29 is 4.79 Å². The second-order valence-corrected chi connectivity index (χ2v) is 7.89. The lowest BCUT2D eigenvalue weighted by Crippen LogP contribution is -2.31. The SMILES string of the molecule is Cc1nc2ncnn2c(C)c1CCC(=O)NC1CCCc2c1cnn2-c1ccccn1. The van der Waals surface area contributed by atoms with E-state index in [1.165, 1.54) is 6.33 Å². The third-order valence-corrected chi connectivity index (χ3v) is 5.98. The summed E-state index contributed by atoms with van der Waals surface area (Å²) in [5.74, 6) is 1.42. The maximum absolute atomic E-state index is 12.8. The van der Waals surface area contributed by atoms with Crippen molar-refractivity contribution in [2.75, 3.05) is 0 Å². The van der Waals surface area contributed by atoms with Crippen molar-refractivity contribution in [2.45, 2.75) is 52.0 Å². The number of hydrogen-bond acceptors (Lipinski definition) is 6. The fraction of sp³-hybridized carbons (Fsp3) is 0.364. The summed E-state index contributed by atoms with van der Waals surface area (Å²) < 4.78 is 3.61. The second kappa shape index (κ2) is 7.90. The van der Waals surface area contributed by atoms with Crippen LogP contribution in [0.4, 0.5) is 0 Å². The molecule has 0 radical (unpaired) electrons. The first-order valence-electron chi connectivity index (χ1n) is 10.5. The minimum absolute atomic E-state index is 0.0215. The van der Waals surface area contributed by atoms with Gasteiger partial charge < -0.3 is 5.32 Å². The molecule has 0 aliphatic heterocycles. The van der Waals surface area contributed by atoms with Gasteiger partial charge in [-0.25, -0.2) is 19.2 Å². The number of nitrogens with one attached hydrogen (secondary N) is 1. The zero-order valence-electron chi connectivity index (χ0n) is 17.6. The van der Waals surface area contributed by atoms with Gasteiger partial charge in [-0.1, -0.05) is 6.07 Å². The molecule has 1 unspecified atom stereocenters. The van der Waals surface area contributed by atoms with Crippen LogP contribution in [0.2, 0.25) is 0 Å². The van der Waals surface area contributed by atoms with E-state index < -0.39 is 0 Å². The zero-order chi connectivity index (χ0) is 21.4. The molecule has 5 rings (SSSR count). The lowest BCUT2D eigenvalue weighted by molar-refractivity contribution is -0.121. The molecule has 0 aromatic carbocycles. The molecule has 9 nitrogen and oxygen atoms in total. The van der Waals surface area contributed by atoms with Crippen molar-refractivity contribution >= 4 is 11.7 Å². The Hall–Kier alpha value is -3.62. The first-order valence-corrected chi connectivity index (χ1v) is 10.5. The Labute approximate surface area is 179 Å². The molecule has 0 spiro atoms. The van der Waals surface area contributed by atoms with E-state index in [0.29, 0.717) is 18.6 Å². The molecule has 4 heterocycles. The summed E-state index contributed by atoms with van der Waals surface area (Å²) in [6.07, 6.45) is 8.98. The number of carbonyl (C=O) groups excluding carboxylic acids is 1. The smallest absolute Gasteiger partial charge is 0.252 e. The van der Waals surface area contributed by atoms with Crippen molar-refractivity contribution in [1.29, 1.82) is 0 Å². The summed E-state index contributed by atoms with van der Waals surface area (Å²) in [5.41, 5.74) is 5.12. The van der Waals surface area contributed by atoms with Gasteiger partial charge in [0.2, 0.25) is 5.91 Å². The van der Waals surface area contributed by atoms with E-state index >= 15 is 0 Å². The molecule has 0 saturated carbocycles. The average molecular weight is 416 g/mol. The number of nitrogens with zero attached hydrogens (tertiary/aromatic N) is 7. The molecular weight excluding hydrogens is 392 g/mol. The Bertz CT molecular complexity index is 1240. The molecule has 0 fully saturated rings. The topological polar surface area (TPSA) is 103 Å². The minimum atomic E-state index is -0.0215. The van der Waals surface area contributed by atoms with Crippen LogP contribution in [-0.4, -0.2) is 40.3 Å². The van der Waals surface area contributed by atoms with Crippen molar-refractivity contribution in [3.8, 4) is 5.82 Å². The highest BCUT2D eigenvalue weighted by Crippen LogP contribution is 2.30. The summed E-state index contributed by atoms with van der Waals surface area (Å²) in [7, 11) is 0. The van der Waals surface area contributed by atoms with Crippen molar-refractivity contribution in [1.82, 2.24) is 39.7 Å². The van der Waals surface area contributed by atoms with Gasteiger partial charge >= 0.3 is 0 Å². The van der Waals surface area contributed by atoms with Gasteiger partial charge in [-0.3, -0.25) is 4.79 Å². The Morgan fingerprint density at radius 3 is 2.97 bits per heavy atom. The molecular formula is C22H24N8O. The number of aryl methyl sites for hydroxylation is 2. The first-order chi connectivity index (χ1) is 15.1. The molecule has 1 aliphatic carbocycles. The monoisotopic (exact) mass is 416 g/mol. The van der Waals surface area contributed by atoms with E-state index in [0.717, 1.165) is 53.3 Å². The Morgan fingerprint density at radius 2 is 2.13 bits per heavy atom. The van der Waals surface area contributed by atoms with E-state index in [1.807, 2.05) is 42.9 Å². The number of amides is 1. The number of pyridine rings is 1. The van der Waals surface area contributed by atoms with Gasteiger partial charge in [0, 0.05) is 29.6 Å². The maximum Gasteiger partial charge on any atom is 0.252 e. The van der Waals surface area contributed by atoms with E-state index in [4.69, 9.17) is 0 Å². The molecule has 1 atom stereocenters. The van der Waals surface area contributed by atoms with Crippen LogP contribution in [0, 0.1) is 13.8 Å². The van der Waals surface area contributed by atoms with Gasteiger partial charge in [-0.15, -0.1) is 0 Å². The van der Waals surface area contributed by atoms with Crippen LogP contribution in [0.1, 0.15) is 53.5 Å². The fourth-order valence-corrected chi connectivity index (χ4v) is 4.41. The van der Waals surface area contributed by atoms with Crippen LogP contribution in [0.25, 0.3) is 11.6 Å². The Kier molecular flexibility index (Phi) is 4.93. The zero-order valence-corrected chi connectivity index (χ0v) is 17.6. The normalized spacial score (nSPS) is 15.7. The van der Waals surface area contributed by atoms with Crippen molar-refractivity contribution in [2.24, 2.45) is 0 Å². The minimum Gasteiger partial charge on any atom is -0.349 e. The lowest BCUT2D eigenvalue weighted by Gasteiger charge is -2.24. The number of fused-ring (bicyclic) bond motifs is 2. The Morgan fingerprint density at radius 1 is 1.23 bits per heavy atom. The highest BCUT2D eigenvalue weighted by molar-refractivity contribution is 5.77. The van der Waals surface area contributed by atoms with Gasteiger partial charge in [0.15, 0.2) is 5.82 Å². The molecule has 0 bridgehead atoms. The highest BCUT2D eigenvalue weighted by Gasteiger charge is 2.26. The third-order valence-electron chi connectivity index (χ3n) is 5.98. The molecule has 4 aromatic heterocycles. The summed E-state index contributed by atoms with van der Waals surface area (Å²) in [4.78, 5) is 25.9. The summed E-state index contributed by atoms with van der Waals surface area (Å²) >= 11 is 0. The summed E-state index contributed by atoms with van der Waals surface area (Å²) in [6.45, 7) is 3.94. The average Bonchev–Trinajstić information content (AvgIpc) is 3.42. The summed E-state index contributed by atoms with van der Waals surface area (Å²) in [5, 5.41) is 12.0. The van der Waals surface area contributed by atoms with Gasteiger partial charge in [-0.2, -0.15) is 15.2 Å². The van der Waals surface area contributed by atoms with Gasteiger partial charge in [0.05, 0.1) is 17.9 Å². The predicted molar refractivity (Wildman–Crippen MR) is 114 cm³/mol. The molecule has 1 amide bonds. The van der Waals surface area contributed by atoms with Crippen LogP contribution in [0.15, 0.2) is 36.9 Å². The van der Waals surface area contributed by atoms with E-state index in [2.05, 4.69) is 30.5 Å². The van der Waals surface area contributed by atoms with Crippen LogP contribution >= 0.6 is 0 Å². The quantitative estimate of drug-likeness (QED) is 0.536. The standard InChI is InChI=1S/C22H24N8O/c1-14-16(15(2)29-22(27-14)24-13-26-29)9-10-21(31)28-18-6-5-7-19-17(18)12-25-30(19)20-8-3-4-11-23-20/h3-4,8,11-13,18H,5-7,9-10H2,1-2H3,(H,28,31). The van der Waals surface area contributed by atoms with Gasteiger partial charge in [-0.05, 0) is 57.2 Å². The van der Waals surface area contributed by atoms with E-state index in [9.17, 15) is 4.79 Å². The van der Waals surface area contributed by atoms with E-state index in [-0.39, 0.29) is 11.9 Å². The molecule has 1 N–H and O–H groups in total. The van der Waals surface area contributed by atoms with Crippen LogP contribution in [0.3, 0.4) is 0 Å². The van der Waals surface area contributed by atoms with Gasteiger partial charge in [0.25, 0.3) is 5.78 Å². The highest BCUT2D eigenvalue weighted by atomic mass is 16.1. The summed E-state index contributed by atoms with van der Waals surface area (Å²) in [6, 6.07) is 5.77. The number of carbonyl (C=O) groups is 1. The van der Waals surface area contributed by atoms with E-state index in [1.54, 1.807) is 10.7 Å². The number of aromatic nitrogens is 7. The van der Waals surface area contributed by atoms with Gasteiger partial charge in [0.1, 0.15) is 6.33 Å². The lowest BCUT2D eigenvalue weighted by atomic mass is 9.92. The molecule has 158 valence electrons.